The normalized spacial score (nSPS) is 12.9. The molecule has 0 heterocycles. The summed E-state index contributed by atoms with van der Waals surface area (Å²) in [5.41, 5.74) is 5.76. The summed E-state index contributed by atoms with van der Waals surface area (Å²) in [6, 6.07) is 4.95. The number of hydrogen-bond acceptors (Lipinski definition) is 2. The van der Waals surface area contributed by atoms with E-state index >= 15 is 0 Å². The molecule has 1 rings (SSSR count). The minimum absolute atomic E-state index is 0.102. The van der Waals surface area contributed by atoms with Crippen molar-refractivity contribution in [2.75, 3.05) is 13.7 Å². The Balaban J connectivity index is 3.11. The van der Waals surface area contributed by atoms with Gasteiger partial charge in [-0.05, 0) is 12.1 Å². The first-order valence-electron chi connectivity index (χ1n) is 4.41. The quantitative estimate of drug-likeness (QED) is 0.920. The number of hydrogen-bond donors (Lipinski definition) is 1. The standard InChI is InChI=1S/C10H12BrF2NO/c1-15-9-4-6(11)2-3-7(9)8(5-14)10(12)13/h2-4,8,10H,5,14H2,1H3. The van der Waals surface area contributed by atoms with Gasteiger partial charge in [0.1, 0.15) is 5.75 Å². The minimum Gasteiger partial charge on any atom is -0.496 e. The van der Waals surface area contributed by atoms with Crippen LogP contribution in [0.25, 0.3) is 0 Å². The fourth-order valence-corrected chi connectivity index (χ4v) is 1.70. The van der Waals surface area contributed by atoms with Crippen molar-refractivity contribution < 1.29 is 13.5 Å². The average Bonchev–Trinajstić information content (AvgIpc) is 2.20. The maximum absolute atomic E-state index is 12.7. The molecule has 0 aromatic heterocycles. The Kier molecular flexibility index (Phi) is 4.47. The zero-order chi connectivity index (χ0) is 11.4. The lowest BCUT2D eigenvalue weighted by molar-refractivity contribution is 0.116. The van der Waals surface area contributed by atoms with Gasteiger partial charge in [0.15, 0.2) is 0 Å². The molecule has 0 aliphatic carbocycles. The highest BCUT2D eigenvalue weighted by atomic mass is 79.9. The number of benzene rings is 1. The van der Waals surface area contributed by atoms with Crippen LogP contribution in [0.4, 0.5) is 8.78 Å². The lowest BCUT2D eigenvalue weighted by atomic mass is 9.99. The van der Waals surface area contributed by atoms with E-state index in [4.69, 9.17) is 10.5 Å². The molecule has 2 N–H and O–H groups in total. The smallest absolute Gasteiger partial charge is 0.246 e. The molecule has 0 fully saturated rings. The molecule has 1 aromatic carbocycles. The lowest BCUT2D eigenvalue weighted by Crippen LogP contribution is -2.20. The van der Waals surface area contributed by atoms with Crippen LogP contribution in [-0.2, 0) is 0 Å². The van der Waals surface area contributed by atoms with Gasteiger partial charge in [0.05, 0.1) is 13.0 Å². The molecule has 1 aromatic rings. The molecule has 15 heavy (non-hydrogen) atoms. The van der Waals surface area contributed by atoms with Crippen molar-refractivity contribution in [1.82, 2.24) is 0 Å². The molecule has 2 nitrogen and oxygen atoms in total. The zero-order valence-corrected chi connectivity index (χ0v) is 9.80. The summed E-state index contributed by atoms with van der Waals surface area (Å²) in [6.07, 6.45) is -2.48. The van der Waals surface area contributed by atoms with Crippen LogP contribution in [0, 0.1) is 0 Å². The molecule has 0 saturated heterocycles. The third-order valence-corrected chi connectivity index (χ3v) is 2.65. The van der Waals surface area contributed by atoms with Gasteiger partial charge in [0.25, 0.3) is 0 Å². The van der Waals surface area contributed by atoms with E-state index in [1.54, 1.807) is 18.2 Å². The third-order valence-electron chi connectivity index (χ3n) is 2.15. The second kappa shape index (κ2) is 5.42. The zero-order valence-electron chi connectivity index (χ0n) is 8.21. The van der Waals surface area contributed by atoms with Gasteiger partial charge in [-0.3, -0.25) is 0 Å². The van der Waals surface area contributed by atoms with Crippen molar-refractivity contribution in [2.45, 2.75) is 12.3 Å². The molecular weight excluding hydrogens is 268 g/mol. The summed E-state index contributed by atoms with van der Waals surface area (Å²) < 4.78 is 31.1. The van der Waals surface area contributed by atoms with Gasteiger partial charge >= 0.3 is 0 Å². The van der Waals surface area contributed by atoms with Gasteiger partial charge in [-0.2, -0.15) is 0 Å². The van der Waals surface area contributed by atoms with Gasteiger partial charge in [0, 0.05) is 16.6 Å². The molecule has 0 saturated carbocycles. The van der Waals surface area contributed by atoms with E-state index in [1.165, 1.54) is 7.11 Å². The second-order valence-corrected chi connectivity index (χ2v) is 3.98. The maximum atomic E-state index is 12.7. The van der Waals surface area contributed by atoms with Crippen molar-refractivity contribution in [2.24, 2.45) is 5.73 Å². The molecule has 1 unspecified atom stereocenters. The van der Waals surface area contributed by atoms with E-state index in [1.807, 2.05) is 0 Å². The molecule has 84 valence electrons. The van der Waals surface area contributed by atoms with Gasteiger partial charge in [-0.1, -0.05) is 22.0 Å². The summed E-state index contributed by atoms with van der Waals surface area (Å²) in [5, 5.41) is 0. The first-order valence-corrected chi connectivity index (χ1v) is 5.21. The Morgan fingerprint density at radius 3 is 2.60 bits per heavy atom. The summed E-state index contributed by atoms with van der Waals surface area (Å²) in [4.78, 5) is 0. The van der Waals surface area contributed by atoms with E-state index in [9.17, 15) is 8.78 Å². The number of ether oxygens (including phenoxy) is 1. The summed E-state index contributed by atoms with van der Waals surface area (Å²) in [6.45, 7) is -0.102. The molecule has 1 atom stereocenters. The van der Waals surface area contributed by atoms with Crippen LogP contribution in [0.15, 0.2) is 22.7 Å². The van der Waals surface area contributed by atoms with Gasteiger partial charge < -0.3 is 10.5 Å². The van der Waals surface area contributed by atoms with E-state index in [0.29, 0.717) is 11.3 Å². The number of nitrogens with two attached hydrogens (primary N) is 1. The topological polar surface area (TPSA) is 35.2 Å². The average molecular weight is 280 g/mol. The van der Waals surface area contributed by atoms with Crippen LogP contribution < -0.4 is 10.5 Å². The fraction of sp³-hybridized carbons (Fsp3) is 0.400. The van der Waals surface area contributed by atoms with Crippen LogP contribution in [0.3, 0.4) is 0 Å². The molecule has 0 bridgehead atoms. The van der Waals surface area contributed by atoms with E-state index < -0.39 is 12.3 Å². The van der Waals surface area contributed by atoms with Crippen LogP contribution in [-0.4, -0.2) is 20.1 Å². The van der Waals surface area contributed by atoms with Crippen LogP contribution >= 0.6 is 15.9 Å². The highest BCUT2D eigenvalue weighted by Gasteiger charge is 2.24. The molecule has 0 spiro atoms. The molecule has 0 amide bonds. The van der Waals surface area contributed by atoms with E-state index in [-0.39, 0.29) is 6.54 Å². The summed E-state index contributed by atoms with van der Waals surface area (Å²) >= 11 is 3.25. The Morgan fingerprint density at radius 1 is 1.47 bits per heavy atom. The number of halogens is 3. The monoisotopic (exact) mass is 279 g/mol. The Labute approximate surface area is 95.5 Å². The Hall–Kier alpha value is -0.680. The van der Waals surface area contributed by atoms with Crippen LogP contribution in [0.2, 0.25) is 0 Å². The van der Waals surface area contributed by atoms with E-state index in [0.717, 1.165) is 4.47 Å². The van der Waals surface area contributed by atoms with Gasteiger partial charge in [0.2, 0.25) is 6.43 Å². The predicted molar refractivity (Wildman–Crippen MR) is 58.5 cm³/mol. The number of methoxy groups -OCH3 is 1. The maximum Gasteiger partial charge on any atom is 0.246 e. The second-order valence-electron chi connectivity index (χ2n) is 3.06. The van der Waals surface area contributed by atoms with Gasteiger partial charge in [-0.15, -0.1) is 0 Å². The Morgan fingerprint density at radius 2 is 2.13 bits per heavy atom. The minimum atomic E-state index is -2.48. The van der Waals surface area contributed by atoms with Gasteiger partial charge in [-0.25, -0.2) is 8.78 Å². The SMILES string of the molecule is COc1cc(Br)ccc1C(CN)C(F)F. The summed E-state index contributed by atoms with van der Waals surface area (Å²) in [7, 11) is 1.45. The van der Waals surface area contributed by atoms with Crippen molar-refractivity contribution in [1.29, 1.82) is 0 Å². The first-order chi connectivity index (χ1) is 7.10. The highest BCUT2D eigenvalue weighted by molar-refractivity contribution is 9.10. The lowest BCUT2D eigenvalue weighted by Gasteiger charge is -2.17. The predicted octanol–water partition coefficient (Wildman–Crippen LogP) is 2.77. The van der Waals surface area contributed by atoms with Crippen molar-refractivity contribution in [3.63, 3.8) is 0 Å². The fourth-order valence-electron chi connectivity index (χ4n) is 1.36. The van der Waals surface area contributed by atoms with Crippen molar-refractivity contribution in [3.8, 4) is 5.75 Å². The number of alkyl halides is 2. The molecule has 0 aliphatic rings. The highest BCUT2D eigenvalue weighted by Crippen LogP contribution is 2.32. The van der Waals surface area contributed by atoms with Crippen molar-refractivity contribution in [3.05, 3.63) is 28.2 Å². The number of rotatable bonds is 4. The largest absolute Gasteiger partial charge is 0.496 e. The van der Waals surface area contributed by atoms with E-state index in [2.05, 4.69) is 15.9 Å². The van der Waals surface area contributed by atoms with Crippen LogP contribution in [0.5, 0.6) is 5.75 Å². The molecule has 0 radical (unpaired) electrons. The molecule has 0 aliphatic heterocycles. The van der Waals surface area contributed by atoms with Crippen molar-refractivity contribution >= 4 is 15.9 Å². The molecular formula is C10H12BrF2NO. The first kappa shape index (κ1) is 12.4. The third kappa shape index (κ3) is 2.89. The molecule has 5 heteroatoms. The van der Waals surface area contributed by atoms with Crippen LogP contribution in [0.1, 0.15) is 11.5 Å². The Bertz CT molecular complexity index is 333. The summed E-state index contributed by atoms with van der Waals surface area (Å²) in [5.74, 6) is -0.548.